The van der Waals surface area contributed by atoms with Crippen molar-refractivity contribution in [3.63, 3.8) is 0 Å². The van der Waals surface area contributed by atoms with Crippen LogP contribution in [-0.4, -0.2) is 46.4 Å². The van der Waals surface area contributed by atoms with E-state index in [4.69, 9.17) is 5.73 Å². The summed E-state index contributed by atoms with van der Waals surface area (Å²) in [5.41, 5.74) is 6.71. The third-order valence-electron chi connectivity index (χ3n) is 4.71. The van der Waals surface area contributed by atoms with Crippen LogP contribution in [0.15, 0.2) is 35.4 Å². The summed E-state index contributed by atoms with van der Waals surface area (Å²) < 4.78 is 0. The number of amides is 3. The Balaban J connectivity index is 1.66. The van der Waals surface area contributed by atoms with E-state index in [1.165, 1.54) is 5.01 Å². The van der Waals surface area contributed by atoms with Crippen LogP contribution >= 0.6 is 0 Å². The molecule has 7 nitrogen and oxygen atoms in total. The molecule has 1 aromatic rings. The van der Waals surface area contributed by atoms with Gasteiger partial charge in [-0.15, -0.1) is 0 Å². The van der Waals surface area contributed by atoms with Crippen LogP contribution in [0.3, 0.4) is 0 Å². The number of likely N-dealkylation sites (tertiary alicyclic amines) is 1. The third-order valence-corrected chi connectivity index (χ3v) is 4.71. The second-order valence-corrected chi connectivity index (χ2v) is 6.45. The van der Waals surface area contributed by atoms with E-state index in [1.54, 1.807) is 4.90 Å². The molecule has 2 N–H and O–H groups in total. The first-order valence-corrected chi connectivity index (χ1v) is 8.55. The molecule has 0 aliphatic carbocycles. The number of carbonyl (C=O) groups is 3. The Labute approximate surface area is 146 Å². The van der Waals surface area contributed by atoms with E-state index in [0.29, 0.717) is 44.6 Å². The normalized spacial score (nSPS) is 18.9. The highest BCUT2D eigenvalue weighted by atomic mass is 16.2. The highest BCUT2D eigenvalue weighted by molar-refractivity contribution is 6.39. The van der Waals surface area contributed by atoms with Crippen molar-refractivity contribution in [1.29, 1.82) is 0 Å². The second kappa shape index (κ2) is 7.46. The van der Waals surface area contributed by atoms with E-state index >= 15 is 0 Å². The molecule has 2 aliphatic heterocycles. The maximum absolute atomic E-state index is 12.7. The monoisotopic (exact) mass is 342 g/mol. The zero-order valence-electron chi connectivity index (χ0n) is 14.1. The number of benzene rings is 1. The quantitative estimate of drug-likeness (QED) is 0.880. The summed E-state index contributed by atoms with van der Waals surface area (Å²) >= 11 is 0. The minimum absolute atomic E-state index is 0.0761. The van der Waals surface area contributed by atoms with Gasteiger partial charge in [0.25, 0.3) is 5.91 Å². The molecule has 3 amide bonds. The molecule has 0 spiro atoms. The van der Waals surface area contributed by atoms with Crippen LogP contribution < -0.4 is 5.73 Å². The maximum atomic E-state index is 12.7. The van der Waals surface area contributed by atoms with Crippen LogP contribution in [0.1, 0.15) is 31.2 Å². The highest BCUT2D eigenvalue weighted by Crippen LogP contribution is 2.19. The minimum atomic E-state index is -0.304. The fourth-order valence-corrected chi connectivity index (χ4v) is 3.19. The summed E-state index contributed by atoms with van der Waals surface area (Å²) in [6, 6.07) is 9.57. The fraction of sp³-hybridized carbons (Fsp3) is 0.444. The molecular formula is C18H22N4O3. The second-order valence-electron chi connectivity index (χ2n) is 6.45. The zero-order valence-corrected chi connectivity index (χ0v) is 14.1. The van der Waals surface area contributed by atoms with Crippen molar-refractivity contribution in [1.82, 2.24) is 9.91 Å². The van der Waals surface area contributed by atoms with Gasteiger partial charge >= 0.3 is 0 Å². The van der Waals surface area contributed by atoms with Gasteiger partial charge in [0.2, 0.25) is 11.8 Å². The lowest BCUT2D eigenvalue weighted by molar-refractivity contribution is -0.133. The van der Waals surface area contributed by atoms with Crippen LogP contribution in [0.25, 0.3) is 0 Å². The predicted molar refractivity (Wildman–Crippen MR) is 92.2 cm³/mol. The molecule has 0 unspecified atom stereocenters. The summed E-state index contributed by atoms with van der Waals surface area (Å²) in [6.45, 7) is 1.36. The van der Waals surface area contributed by atoms with Gasteiger partial charge in [0.1, 0.15) is 5.71 Å². The SMILES string of the molecule is NC(=O)C1CCN(C(=O)C2=NN(Cc3ccccc3)C(=O)CC2)CC1. The van der Waals surface area contributed by atoms with Gasteiger partial charge in [-0.2, -0.15) is 5.10 Å². The van der Waals surface area contributed by atoms with E-state index in [-0.39, 0.29) is 30.1 Å². The number of nitrogens with two attached hydrogens (primary N) is 1. The Morgan fingerprint density at radius 1 is 1.12 bits per heavy atom. The van der Waals surface area contributed by atoms with Crippen LogP contribution in [0, 0.1) is 5.92 Å². The third kappa shape index (κ3) is 4.04. The van der Waals surface area contributed by atoms with Crippen molar-refractivity contribution < 1.29 is 14.4 Å². The Bertz CT molecular complexity index is 694. The topological polar surface area (TPSA) is 96.1 Å². The van der Waals surface area contributed by atoms with Gasteiger partial charge in [-0.3, -0.25) is 14.4 Å². The lowest BCUT2D eigenvalue weighted by Crippen LogP contribution is -2.46. The highest BCUT2D eigenvalue weighted by Gasteiger charge is 2.31. The van der Waals surface area contributed by atoms with Crippen molar-refractivity contribution in [2.45, 2.75) is 32.2 Å². The molecule has 2 aliphatic rings. The minimum Gasteiger partial charge on any atom is -0.369 e. The zero-order chi connectivity index (χ0) is 17.8. The number of carbonyl (C=O) groups excluding carboxylic acids is 3. The summed E-state index contributed by atoms with van der Waals surface area (Å²) in [5, 5.41) is 5.68. The van der Waals surface area contributed by atoms with Gasteiger partial charge in [-0.25, -0.2) is 5.01 Å². The van der Waals surface area contributed by atoms with Gasteiger partial charge in [0.05, 0.1) is 6.54 Å². The molecule has 0 bridgehead atoms. The average Bonchev–Trinajstić information content (AvgIpc) is 2.64. The largest absolute Gasteiger partial charge is 0.369 e. The van der Waals surface area contributed by atoms with E-state index in [2.05, 4.69) is 5.10 Å². The molecule has 25 heavy (non-hydrogen) atoms. The maximum Gasteiger partial charge on any atom is 0.270 e. The van der Waals surface area contributed by atoms with Gasteiger partial charge in [0, 0.05) is 31.8 Å². The number of piperidine rings is 1. The standard InChI is InChI=1S/C18H22N4O3/c19-17(24)14-8-10-21(11-9-14)18(25)15-6-7-16(23)22(20-15)12-13-4-2-1-3-5-13/h1-5,14H,6-12H2,(H2,19,24). The molecule has 0 atom stereocenters. The smallest absolute Gasteiger partial charge is 0.270 e. The Kier molecular flexibility index (Phi) is 5.11. The first kappa shape index (κ1) is 17.1. The first-order valence-electron chi connectivity index (χ1n) is 8.55. The number of nitrogens with zero attached hydrogens (tertiary/aromatic N) is 3. The molecule has 3 rings (SSSR count). The van der Waals surface area contributed by atoms with E-state index in [9.17, 15) is 14.4 Å². The van der Waals surface area contributed by atoms with Crippen molar-refractivity contribution in [3.8, 4) is 0 Å². The average molecular weight is 342 g/mol. The molecule has 7 heteroatoms. The molecule has 0 saturated carbocycles. The van der Waals surface area contributed by atoms with Crippen molar-refractivity contribution >= 4 is 23.4 Å². The predicted octanol–water partition coefficient (Wildman–Crippen LogP) is 0.889. The summed E-state index contributed by atoms with van der Waals surface area (Å²) in [4.78, 5) is 37.7. The number of hydrazone groups is 1. The van der Waals surface area contributed by atoms with Crippen molar-refractivity contribution in [2.24, 2.45) is 16.8 Å². The van der Waals surface area contributed by atoms with Gasteiger partial charge < -0.3 is 10.6 Å². The first-order chi connectivity index (χ1) is 12.0. The van der Waals surface area contributed by atoms with Crippen LogP contribution in [0.5, 0.6) is 0 Å². The number of hydrogen-bond donors (Lipinski definition) is 1. The summed E-state index contributed by atoms with van der Waals surface area (Å²) in [6.07, 6.45) is 1.82. The van der Waals surface area contributed by atoms with Crippen molar-refractivity contribution in [2.75, 3.05) is 13.1 Å². The number of rotatable bonds is 4. The molecule has 2 heterocycles. The Morgan fingerprint density at radius 2 is 1.80 bits per heavy atom. The molecule has 0 radical (unpaired) electrons. The molecule has 1 fully saturated rings. The number of primary amides is 1. The molecular weight excluding hydrogens is 320 g/mol. The fourth-order valence-electron chi connectivity index (χ4n) is 3.19. The number of hydrogen-bond acceptors (Lipinski definition) is 4. The Hall–Kier alpha value is -2.70. The Morgan fingerprint density at radius 3 is 2.44 bits per heavy atom. The van der Waals surface area contributed by atoms with Crippen LogP contribution in [0.4, 0.5) is 0 Å². The summed E-state index contributed by atoms with van der Waals surface area (Å²) in [5.74, 6) is -0.684. The van der Waals surface area contributed by atoms with Gasteiger partial charge in [-0.05, 0) is 18.4 Å². The van der Waals surface area contributed by atoms with Gasteiger partial charge in [0.15, 0.2) is 0 Å². The van der Waals surface area contributed by atoms with Crippen molar-refractivity contribution in [3.05, 3.63) is 35.9 Å². The molecule has 1 aromatic carbocycles. The van der Waals surface area contributed by atoms with E-state index in [1.807, 2.05) is 30.3 Å². The van der Waals surface area contributed by atoms with Gasteiger partial charge in [-0.1, -0.05) is 30.3 Å². The lowest BCUT2D eigenvalue weighted by atomic mass is 9.96. The van der Waals surface area contributed by atoms with E-state index in [0.717, 1.165) is 5.56 Å². The van der Waals surface area contributed by atoms with Crippen LogP contribution in [0.2, 0.25) is 0 Å². The lowest BCUT2D eigenvalue weighted by Gasteiger charge is -2.32. The summed E-state index contributed by atoms with van der Waals surface area (Å²) in [7, 11) is 0. The van der Waals surface area contributed by atoms with E-state index < -0.39 is 0 Å². The molecule has 1 saturated heterocycles. The molecule has 0 aromatic heterocycles. The molecule has 132 valence electrons. The van der Waals surface area contributed by atoms with Crippen LogP contribution in [-0.2, 0) is 20.9 Å².